The second-order valence-corrected chi connectivity index (χ2v) is 3.84. The first-order valence-corrected chi connectivity index (χ1v) is 5.46. The molecule has 1 heterocycles. The summed E-state index contributed by atoms with van der Waals surface area (Å²) in [6.45, 7) is 8.69. The molecule has 0 spiro atoms. The Balaban J connectivity index is 1.87. The molecule has 0 aromatic heterocycles. The number of ether oxygens (including phenoxy) is 2. The lowest BCUT2D eigenvalue weighted by Crippen LogP contribution is -2.38. The van der Waals surface area contributed by atoms with Gasteiger partial charge in [-0.15, -0.1) is 0 Å². The highest BCUT2D eigenvalue weighted by Crippen LogP contribution is 2.02. The van der Waals surface area contributed by atoms with Gasteiger partial charge >= 0.3 is 0 Å². The Hall–Kier alpha value is -0.160. The van der Waals surface area contributed by atoms with Gasteiger partial charge in [-0.3, -0.25) is 0 Å². The first-order chi connectivity index (χ1) is 6.79. The fourth-order valence-electron chi connectivity index (χ4n) is 1.32. The molecule has 4 nitrogen and oxygen atoms in total. The van der Waals surface area contributed by atoms with E-state index in [-0.39, 0.29) is 6.29 Å². The maximum Gasteiger partial charge on any atom is 0.169 e. The topological polar surface area (TPSA) is 42.5 Å². The van der Waals surface area contributed by atoms with Gasteiger partial charge in [0.15, 0.2) is 6.29 Å². The Morgan fingerprint density at radius 2 is 1.93 bits per heavy atom. The van der Waals surface area contributed by atoms with E-state index in [1.807, 2.05) is 0 Å². The quantitative estimate of drug-likeness (QED) is 0.609. The van der Waals surface area contributed by atoms with Crippen molar-refractivity contribution in [2.75, 3.05) is 32.8 Å². The van der Waals surface area contributed by atoms with Crippen LogP contribution in [0.2, 0.25) is 0 Å². The zero-order valence-corrected chi connectivity index (χ0v) is 9.21. The van der Waals surface area contributed by atoms with Gasteiger partial charge in [0.1, 0.15) is 0 Å². The highest BCUT2D eigenvalue weighted by molar-refractivity contribution is 4.59. The average molecular weight is 202 g/mol. The lowest BCUT2D eigenvalue weighted by molar-refractivity contribution is -0.175. The van der Waals surface area contributed by atoms with Gasteiger partial charge in [0.05, 0.1) is 13.2 Å². The summed E-state index contributed by atoms with van der Waals surface area (Å²) in [7, 11) is 0. The Kier molecular flexibility index (Phi) is 6.10. The molecule has 1 rings (SSSR count). The van der Waals surface area contributed by atoms with Gasteiger partial charge in [-0.05, 0) is 6.42 Å². The number of hydrogen-bond donors (Lipinski definition) is 2. The van der Waals surface area contributed by atoms with E-state index in [1.165, 1.54) is 0 Å². The Labute approximate surface area is 86.3 Å². The molecule has 0 amide bonds. The van der Waals surface area contributed by atoms with Crippen LogP contribution in [0.4, 0.5) is 0 Å². The van der Waals surface area contributed by atoms with Crippen molar-refractivity contribution in [2.24, 2.45) is 0 Å². The molecule has 1 aliphatic rings. The molecular formula is C10H22N2O2. The molecule has 0 aromatic carbocycles. The van der Waals surface area contributed by atoms with Crippen LogP contribution in [0.15, 0.2) is 0 Å². The van der Waals surface area contributed by atoms with Crippen LogP contribution >= 0.6 is 0 Å². The van der Waals surface area contributed by atoms with Crippen molar-refractivity contribution in [3.05, 3.63) is 0 Å². The van der Waals surface area contributed by atoms with Gasteiger partial charge < -0.3 is 20.1 Å². The Bertz CT molecular complexity index is 136. The van der Waals surface area contributed by atoms with Crippen LogP contribution in [0.1, 0.15) is 20.3 Å². The Morgan fingerprint density at radius 1 is 1.21 bits per heavy atom. The summed E-state index contributed by atoms with van der Waals surface area (Å²) in [5.74, 6) is 0. The minimum Gasteiger partial charge on any atom is -0.351 e. The van der Waals surface area contributed by atoms with Crippen LogP contribution in [0, 0.1) is 0 Å². The molecule has 1 aliphatic heterocycles. The minimum absolute atomic E-state index is 0.0391. The summed E-state index contributed by atoms with van der Waals surface area (Å²) in [5, 5.41) is 6.64. The third-order valence-electron chi connectivity index (χ3n) is 2.06. The van der Waals surface area contributed by atoms with Gasteiger partial charge in [0, 0.05) is 25.7 Å². The molecule has 0 saturated carbocycles. The fraction of sp³-hybridized carbons (Fsp3) is 1.00. The van der Waals surface area contributed by atoms with Gasteiger partial charge in [0.2, 0.25) is 0 Å². The summed E-state index contributed by atoms with van der Waals surface area (Å²) in [6, 6.07) is 0.555. The minimum atomic E-state index is -0.0391. The van der Waals surface area contributed by atoms with E-state index >= 15 is 0 Å². The maximum atomic E-state index is 5.40. The largest absolute Gasteiger partial charge is 0.351 e. The summed E-state index contributed by atoms with van der Waals surface area (Å²) in [4.78, 5) is 0. The molecule has 0 bridgehead atoms. The summed E-state index contributed by atoms with van der Waals surface area (Å²) >= 11 is 0. The predicted molar refractivity (Wildman–Crippen MR) is 56.3 cm³/mol. The zero-order valence-electron chi connectivity index (χ0n) is 9.21. The normalized spacial score (nSPS) is 19.1. The van der Waals surface area contributed by atoms with E-state index in [1.54, 1.807) is 0 Å². The molecule has 14 heavy (non-hydrogen) atoms. The van der Waals surface area contributed by atoms with Gasteiger partial charge in [0.25, 0.3) is 0 Å². The van der Waals surface area contributed by atoms with Crippen molar-refractivity contribution in [3.63, 3.8) is 0 Å². The maximum absolute atomic E-state index is 5.40. The number of nitrogens with one attached hydrogen (secondary N) is 2. The van der Waals surface area contributed by atoms with Crippen LogP contribution in [0.25, 0.3) is 0 Å². The van der Waals surface area contributed by atoms with Gasteiger partial charge in [-0.25, -0.2) is 0 Å². The summed E-state index contributed by atoms with van der Waals surface area (Å²) in [6.07, 6.45) is 0.980. The second-order valence-electron chi connectivity index (χ2n) is 3.84. The molecule has 2 N–H and O–H groups in total. The molecule has 1 fully saturated rings. The van der Waals surface area contributed by atoms with Crippen LogP contribution in [0.5, 0.6) is 0 Å². The van der Waals surface area contributed by atoms with E-state index in [0.29, 0.717) is 6.04 Å². The highest BCUT2D eigenvalue weighted by atomic mass is 16.7. The van der Waals surface area contributed by atoms with E-state index in [9.17, 15) is 0 Å². The van der Waals surface area contributed by atoms with Gasteiger partial charge in [-0.2, -0.15) is 0 Å². The molecular weight excluding hydrogens is 180 g/mol. The van der Waals surface area contributed by atoms with Crippen molar-refractivity contribution in [3.8, 4) is 0 Å². The monoisotopic (exact) mass is 202 g/mol. The highest BCUT2D eigenvalue weighted by Gasteiger charge is 2.12. The van der Waals surface area contributed by atoms with E-state index in [4.69, 9.17) is 9.47 Å². The first-order valence-electron chi connectivity index (χ1n) is 5.46. The lowest BCUT2D eigenvalue weighted by Gasteiger charge is -2.23. The van der Waals surface area contributed by atoms with Gasteiger partial charge in [-0.1, -0.05) is 13.8 Å². The average Bonchev–Trinajstić information content (AvgIpc) is 2.18. The third-order valence-corrected chi connectivity index (χ3v) is 2.06. The standard InChI is InChI=1S/C10H22N2O2/c1-9(2)12-5-4-11-8-10-13-6-3-7-14-10/h9-12H,3-8H2,1-2H3. The SMILES string of the molecule is CC(C)NCCNCC1OCCCO1. The van der Waals surface area contributed by atoms with E-state index in [0.717, 1.165) is 39.3 Å². The van der Waals surface area contributed by atoms with E-state index < -0.39 is 0 Å². The Morgan fingerprint density at radius 3 is 2.57 bits per heavy atom. The summed E-state index contributed by atoms with van der Waals surface area (Å²) in [5.41, 5.74) is 0. The van der Waals surface area contributed by atoms with Crippen molar-refractivity contribution in [2.45, 2.75) is 32.6 Å². The van der Waals surface area contributed by atoms with Crippen LogP contribution < -0.4 is 10.6 Å². The molecule has 0 unspecified atom stereocenters. The molecule has 84 valence electrons. The fourth-order valence-corrected chi connectivity index (χ4v) is 1.32. The molecule has 0 atom stereocenters. The van der Waals surface area contributed by atoms with Crippen LogP contribution in [-0.2, 0) is 9.47 Å². The van der Waals surface area contributed by atoms with E-state index in [2.05, 4.69) is 24.5 Å². The van der Waals surface area contributed by atoms with Crippen molar-refractivity contribution in [1.29, 1.82) is 0 Å². The van der Waals surface area contributed by atoms with Crippen molar-refractivity contribution in [1.82, 2.24) is 10.6 Å². The zero-order chi connectivity index (χ0) is 10.2. The summed E-state index contributed by atoms with van der Waals surface area (Å²) < 4.78 is 10.8. The third kappa shape index (κ3) is 5.54. The van der Waals surface area contributed by atoms with Crippen LogP contribution in [0.3, 0.4) is 0 Å². The van der Waals surface area contributed by atoms with Crippen molar-refractivity contribution >= 4 is 0 Å². The molecule has 1 saturated heterocycles. The number of rotatable bonds is 6. The number of hydrogen-bond acceptors (Lipinski definition) is 4. The molecule has 4 heteroatoms. The van der Waals surface area contributed by atoms with Crippen molar-refractivity contribution < 1.29 is 9.47 Å². The second kappa shape index (κ2) is 7.17. The smallest absolute Gasteiger partial charge is 0.169 e. The lowest BCUT2D eigenvalue weighted by atomic mass is 10.4. The van der Waals surface area contributed by atoms with Crippen LogP contribution in [-0.4, -0.2) is 45.2 Å². The molecule has 0 radical (unpaired) electrons. The first kappa shape index (κ1) is 11.9. The predicted octanol–water partition coefficient (Wildman–Crippen LogP) is 0.337. The molecule has 0 aliphatic carbocycles. The molecule has 0 aromatic rings.